The summed E-state index contributed by atoms with van der Waals surface area (Å²) in [7, 11) is 0. The third kappa shape index (κ3) is 2.58. The standard InChI is InChI=1S/C20H18N4OS/c25-18-13-16(21-20-24(18)11-12-26-20)14-23-10-9-22-8-4-7-17(22)19(23)15-5-2-1-3-6-15/h1-8,11-13,19H,9-10,14H2/t19-/m1/s1. The molecule has 6 heteroatoms. The van der Waals surface area contributed by atoms with E-state index in [4.69, 9.17) is 4.98 Å². The van der Waals surface area contributed by atoms with Gasteiger partial charge < -0.3 is 4.57 Å². The second-order valence-electron chi connectivity index (χ2n) is 6.55. The van der Waals surface area contributed by atoms with Crippen molar-refractivity contribution in [1.82, 2.24) is 18.9 Å². The third-order valence-electron chi connectivity index (χ3n) is 4.97. The van der Waals surface area contributed by atoms with E-state index in [2.05, 4.69) is 52.1 Å². The van der Waals surface area contributed by atoms with Gasteiger partial charge in [0, 0.05) is 49.2 Å². The van der Waals surface area contributed by atoms with Crippen LogP contribution < -0.4 is 5.56 Å². The Bertz CT molecular complexity index is 1110. The first-order chi connectivity index (χ1) is 12.8. The van der Waals surface area contributed by atoms with Gasteiger partial charge in [-0.15, -0.1) is 11.3 Å². The quantitative estimate of drug-likeness (QED) is 0.562. The minimum Gasteiger partial charge on any atom is -0.348 e. The molecule has 26 heavy (non-hydrogen) atoms. The Morgan fingerprint density at radius 1 is 1.08 bits per heavy atom. The molecule has 0 aliphatic carbocycles. The Labute approximate surface area is 154 Å². The molecule has 4 heterocycles. The van der Waals surface area contributed by atoms with Gasteiger partial charge >= 0.3 is 0 Å². The number of fused-ring (bicyclic) bond motifs is 2. The van der Waals surface area contributed by atoms with Gasteiger partial charge in [0.15, 0.2) is 4.96 Å². The zero-order valence-corrected chi connectivity index (χ0v) is 15.0. The Morgan fingerprint density at radius 3 is 2.85 bits per heavy atom. The Hall–Kier alpha value is -2.70. The molecule has 0 amide bonds. The smallest absolute Gasteiger partial charge is 0.258 e. The van der Waals surface area contributed by atoms with Crippen LogP contribution in [0.15, 0.2) is 71.1 Å². The molecule has 4 aromatic rings. The van der Waals surface area contributed by atoms with E-state index in [0.717, 1.165) is 23.7 Å². The summed E-state index contributed by atoms with van der Waals surface area (Å²) in [6, 6.07) is 16.7. The van der Waals surface area contributed by atoms with Crippen molar-refractivity contribution in [2.45, 2.75) is 19.1 Å². The topological polar surface area (TPSA) is 42.5 Å². The molecule has 1 aromatic carbocycles. The zero-order chi connectivity index (χ0) is 17.5. The van der Waals surface area contributed by atoms with E-state index in [1.54, 1.807) is 16.7 Å². The number of aromatic nitrogens is 3. The highest BCUT2D eigenvalue weighted by Crippen LogP contribution is 2.33. The number of nitrogens with zero attached hydrogens (tertiary/aromatic N) is 4. The minimum atomic E-state index is -0.0112. The lowest BCUT2D eigenvalue weighted by Gasteiger charge is -2.37. The number of thiazole rings is 1. The molecule has 0 N–H and O–H groups in total. The van der Waals surface area contributed by atoms with E-state index < -0.39 is 0 Å². The monoisotopic (exact) mass is 362 g/mol. The van der Waals surface area contributed by atoms with E-state index >= 15 is 0 Å². The average molecular weight is 362 g/mol. The van der Waals surface area contributed by atoms with Crippen molar-refractivity contribution >= 4 is 16.3 Å². The number of hydrogen-bond donors (Lipinski definition) is 0. The minimum absolute atomic E-state index is 0.0112. The lowest BCUT2D eigenvalue weighted by atomic mass is 10.00. The Kier molecular flexibility index (Phi) is 3.72. The summed E-state index contributed by atoms with van der Waals surface area (Å²) < 4.78 is 3.92. The first-order valence-corrected chi connectivity index (χ1v) is 9.57. The summed E-state index contributed by atoms with van der Waals surface area (Å²) in [4.78, 5) is 20.2. The van der Waals surface area contributed by atoms with Crippen LogP contribution in [0.5, 0.6) is 0 Å². The van der Waals surface area contributed by atoms with Crippen LogP contribution in [0.4, 0.5) is 0 Å². The van der Waals surface area contributed by atoms with Gasteiger partial charge in [0.05, 0.1) is 11.7 Å². The van der Waals surface area contributed by atoms with Crippen molar-refractivity contribution in [1.29, 1.82) is 0 Å². The summed E-state index contributed by atoms with van der Waals surface area (Å²) in [6.07, 6.45) is 3.92. The van der Waals surface area contributed by atoms with E-state index in [9.17, 15) is 4.79 Å². The highest BCUT2D eigenvalue weighted by atomic mass is 32.1. The summed E-state index contributed by atoms with van der Waals surface area (Å²) in [5.41, 5.74) is 3.37. The molecule has 0 spiro atoms. The van der Waals surface area contributed by atoms with Crippen LogP contribution in [-0.4, -0.2) is 25.4 Å². The van der Waals surface area contributed by atoms with E-state index in [0.29, 0.717) is 6.54 Å². The van der Waals surface area contributed by atoms with Crippen molar-refractivity contribution in [2.24, 2.45) is 0 Å². The zero-order valence-electron chi connectivity index (χ0n) is 14.2. The summed E-state index contributed by atoms with van der Waals surface area (Å²) in [5, 5.41) is 1.90. The first-order valence-electron chi connectivity index (χ1n) is 8.69. The number of hydrogen-bond acceptors (Lipinski definition) is 4. The molecule has 1 aliphatic rings. The van der Waals surface area contributed by atoms with Gasteiger partial charge in [-0.3, -0.25) is 14.1 Å². The summed E-state index contributed by atoms with van der Waals surface area (Å²) in [6.45, 7) is 2.53. The predicted molar refractivity (Wildman–Crippen MR) is 102 cm³/mol. The second kappa shape index (κ2) is 6.23. The van der Waals surface area contributed by atoms with Crippen LogP contribution in [0.2, 0.25) is 0 Å². The molecule has 1 aliphatic heterocycles. The highest BCUT2D eigenvalue weighted by molar-refractivity contribution is 7.15. The fourth-order valence-electron chi connectivity index (χ4n) is 3.80. The molecule has 0 fully saturated rings. The fraction of sp³-hybridized carbons (Fsp3) is 0.200. The highest BCUT2D eigenvalue weighted by Gasteiger charge is 2.29. The third-order valence-corrected chi connectivity index (χ3v) is 5.73. The van der Waals surface area contributed by atoms with Crippen LogP contribution in [0.1, 0.15) is 23.0 Å². The predicted octanol–water partition coefficient (Wildman–Crippen LogP) is 3.16. The lowest BCUT2D eigenvalue weighted by molar-refractivity contribution is 0.172. The van der Waals surface area contributed by atoms with Crippen molar-refractivity contribution in [3.05, 3.63) is 93.6 Å². The van der Waals surface area contributed by atoms with Crippen molar-refractivity contribution in [2.75, 3.05) is 6.54 Å². The van der Waals surface area contributed by atoms with E-state index in [1.165, 1.54) is 22.6 Å². The van der Waals surface area contributed by atoms with Crippen LogP contribution in [0.25, 0.3) is 4.96 Å². The maximum atomic E-state index is 12.3. The Balaban J connectivity index is 1.55. The maximum absolute atomic E-state index is 12.3. The molecule has 0 saturated carbocycles. The van der Waals surface area contributed by atoms with Crippen LogP contribution in [-0.2, 0) is 13.1 Å². The molecule has 1 atom stereocenters. The molecule has 130 valence electrons. The molecule has 5 rings (SSSR count). The van der Waals surface area contributed by atoms with Crippen molar-refractivity contribution in [3.63, 3.8) is 0 Å². The molecule has 5 nitrogen and oxygen atoms in total. The van der Waals surface area contributed by atoms with Gasteiger partial charge in [0.25, 0.3) is 5.56 Å². The van der Waals surface area contributed by atoms with Gasteiger partial charge in [0.1, 0.15) is 0 Å². The lowest BCUT2D eigenvalue weighted by Crippen LogP contribution is -2.38. The molecule has 0 unspecified atom stereocenters. The van der Waals surface area contributed by atoms with Gasteiger partial charge in [-0.05, 0) is 17.7 Å². The SMILES string of the molecule is O=c1cc(CN2CCn3cccc3[C@H]2c2ccccc2)nc2sccn12. The first kappa shape index (κ1) is 15.5. The van der Waals surface area contributed by atoms with Crippen LogP contribution in [0, 0.1) is 0 Å². The largest absolute Gasteiger partial charge is 0.348 e. The molecule has 0 saturated heterocycles. The van der Waals surface area contributed by atoms with Gasteiger partial charge in [-0.25, -0.2) is 4.98 Å². The summed E-state index contributed by atoms with van der Waals surface area (Å²) in [5.74, 6) is 0. The average Bonchev–Trinajstić information content (AvgIpc) is 3.31. The Morgan fingerprint density at radius 2 is 1.96 bits per heavy atom. The number of benzene rings is 1. The van der Waals surface area contributed by atoms with Gasteiger partial charge in [-0.2, -0.15) is 0 Å². The van der Waals surface area contributed by atoms with Crippen molar-refractivity contribution < 1.29 is 0 Å². The van der Waals surface area contributed by atoms with Crippen LogP contribution in [0.3, 0.4) is 0 Å². The fourth-order valence-corrected chi connectivity index (χ4v) is 4.53. The van der Waals surface area contributed by atoms with Crippen molar-refractivity contribution in [3.8, 4) is 0 Å². The normalized spacial score (nSPS) is 17.5. The van der Waals surface area contributed by atoms with E-state index in [-0.39, 0.29) is 11.6 Å². The van der Waals surface area contributed by atoms with Gasteiger partial charge in [0.2, 0.25) is 0 Å². The summed E-state index contributed by atoms with van der Waals surface area (Å²) >= 11 is 1.49. The molecular formula is C20H18N4OS. The molecule has 0 bridgehead atoms. The second-order valence-corrected chi connectivity index (χ2v) is 7.42. The van der Waals surface area contributed by atoms with Crippen LogP contribution >= 0.6 is 11.3 Å². The van der Waals surface area contributed by atoms with Gasteiger partial charge in [-0.1, -0.05) is 30.3 Å². The molecule has 3 aromatic heterocycles. The van der Waals surface area contributed by atoms with E-state index in [1.807, 2.05) is 11.4 Å². The maximum Gasteiger partial charge on any atom is 0.258 e. The molecular weight excluding hydrogens is 344 g/mol. The number of rotatable bonds is 3. The molecule has 0 radical (unpaired) electrons.